The van der Waals surface area contributed by atoms with Crippen molar-refractivity contribution in [1.82, 2.24) is 19.8 Å². The van der Waals surface area contributed by atoms with Crippen molar-refractivity contribution < 1.29 is 26.8 Å². The molecule has 1 aliphatic heterocycles. The highest BCUT2D eigenvalue weighted by Gasteiger charge is 2.26. The predicted octanol–water partition coefficient (Wildman–Crippen LogP) is 1.83. The standard InChI is InChI=1S/C20H19FN4O5S/c21-16-5-1-14(2-6-16)13-22-18(26)20-24-23-19(30-20)15-3-7-17(8-4-15)31(27,28)25-9-11-29-12-10-25/h1-8H,9-13H2,(H,22,26). The Morgan fingerprint density at radius 3 is 2.39 bits per heavy atom. The first-order valence-corrected chi connectivity index (χ1v) is 10.9. The van der Waals surface area contributed by atoms with Gasteiger partial charge in [0.1, 0.15) is 5.82 Å². The average Bonchev–Trinajstić information content (AvgIpc) is 3.30. The number of amides is 1. The van der Waals surface area contributed by atoms with Crippen molar-refractivity contribution in [3.05, 3.63) is 65.8 Å². The Kier molecular flexibility index (Phi) is 6.07. The Morgan fingerprint density at radius 2 is 1.71 bits per heavy atom. The summed E-state index contributed by atoms with van der Waals surface area (Å²) in [5.74, 6) is -1.08. The van der Waals surface area contributed by atoms with Gasteiger partial charge < -0.3 is 14.5 Å². The molecule has 0 spiro atoms. The third-order valence-electron chi connectivity index (χ3n) is 4.69. The largest absolute Gasteiger partial charge is 0.412 e. The van der Waals surface area contributed by atoms with Crippen LogP contribution in [-0.4, -0.2) is 55.1 Å². The Balaban J connectivity index is 1.42. The van der Waals surface area contributed by atoms with Gasteiger partial charge in [0.05, 0.1) is 18.1 Å². The summed E-state index contributed by atoms with van der Waals surface area (Å²) in [6.45, 7) is 1.52. The molecular weight excluding hydrogens is 427 g/mol. The second kappa shape index (κ2) is 8.92. The van der Waals surface area contributed by atoms with Crippen molar-refractivity contribution in [2.24, 2.45) is 0 Å². The van der Waals surface area contributed by atoms with Crippen molar-refractivity contribution >= 4 is 15.9 Å². The summed E-state index contributed by atoms with van der Waals surface area (Å²) in [7, 11) is -3.61. The van der Waals surface area contributed by atoms with E-state index in [0.29, 0.717) is 37.4 Å². The maximum atomic E-state index is 12.9. The number of carbonyl (C=O) groups is 1. The molecule has 2 heterocycles. The molecule has 1 aliphatic rings. The molecule has 0 bridgehead atoms. The van der Waals surface area contributed by atoms with E-state index in [-0.39, 0.29) is 29.0 Å². The number of nitrogens with one attached hydrogen (secondary N) is 1. The third-order valence-corrected chi connectivity index (χ3v) is 6.61. The van der Waals surface area contributed by atoms with E-state index in [9.17, 15) is 17.6 Å². The smallest absolute Gasteiger partial charge is 0.309 e. The lowest BCUT2D eigenvalue weighted by Crippen LogP contribution is -2.40. The lowest BCUT2D eigenvalue weighted by atomic mass is 10.2. The molecule has 2 aromatic carbocycles. The van der Waals surface area contributed by atoms with Gasteiger partial charge in [0.25, 0.3) is 0 Å². The van der Waals surface area contributed by atoms with Crippen molar-refractivity contribution in [2.75, 3.05) is 26.3 Å². The number of nitrogens with zero attached hydrogens (tertiary/aromatic N) is 3. The second-order valence-electron chi connectivity index (χ2n) is 6.76. The monoisotopic (exact) mass is 446 g/mol. The Hall–Kier alpha value is -3.15. The van der Waals surface area contributed by atoms with Crippen LogP contribution < -0.4 is 5.32 Å². The van der Waals surface area contributed by atoms with Crippen LogP contribution in [0.2, 0.25) is 0 Å². The maximum absolute atomic E-state index is 12.9. The van der Waals surface area contributed by atoms with Gasteiger partial charge in [0.2, 0.25) is 15.9 Å². The van der Waals surface area contributed by atoms with Crippen LogP contribution in [-0.2, 0) is 21.3 Å². The number of morpholine rings is 1. The van der Waals surface area contributed by atoms with E-state index in [1.165, 1.54) is 28.6 Å². The van der Waals surface area contributed by atoms with Gasteiger partial charge in [0, 0.05) is 25.2 Å². The first-order chi connectivity index (χ1) is 14.9. The van der Waals surface area contributed by atoms with E-state index < -0.39 is 15.9 Å². The molecule has 1 amide bonds. The zero-order valence-electron chi connectivity index (χ0n) is 16.3. The first kappa shape index (κ1) is 21.1. The number of ether oxygens (including phenoxy) is 1. The van der Waals surface area contributed by atoms with Crippen LogP contribution >= 0.6 is 0 Å². The molecule has 1 saturated heterocycles. The lowest BCUT2D eigenvalue weighted by Gasteiger charge is -2.26. The van der Waals surface area contributed by atoms with Crippen LogP contribution in [0, 0.1) is 5.82 Å². The van der Waals surface area contributed by atoms with Gasteiger partial charge in [-0.25, -0.2) is 12.8 Å². The SMILES string of the molecule is O=C(NCc1ccc(F)cc1)c1nnc(-c2ccc(S(=O)(=O)N3CCOCC3)cc2)o1. The summed E-state index contributed by atoms with van der Waals surface area (Å²) in [5, 5.41) is 10.2. The van der Waals surface area contributed by atoms with Gasteiger partial charge in [-0.1, -0.05) is 12.1 Å². The molecule has 31 heavy (non-hydrogen) atoms. The minimum atomic E-state index is -3.61. The first-order valence-electron chi connectivity index (χ1n) is 9.48. The molecule has 1 aromatic heterocycles. The molecule has 1 N–H and O–H groups in total. The molecule has 9 nitrogen and oxygen atoms in total. The van der Waals surface area contributed by atoms with Gasteiger partial charge in [0.15, 0.2) is 0 Å². The summed E-state index contributed by atoms with van der Waals surface area (Å²) in [6.07, 6.45) is 0. The molecule has 0 saturated carbocycles. The highest BCUT2D eigenvalue weighted by Crippen LogP contribution is 2.23. The molecule has 0 radical (unpaired) electrons. The Bertz CT molecular complexity index is 1160. The number of halogens is 1. The third kappa shape index (κ3) is 4.79. The van der Waals surface area contributed by atoms with Gasteiger partial charge in [-0.05, 0) is 42.0 Å². The topological polar surface area (TPSA) is 115 Å². The normalized spacial score (nSPS) is 15.0. The fraction of sp³-hybridized carbons (Fsp3) is 0.250. The van der Waals surface area contributed by atoms with Gasteiger partial charge >= 0.3 is 11.8 Å². The summed E-state index contributed by atoms with van der Waals surface area (Å²) in [4.78, 5) is 12.4. The highest BCUT2D eigenvalue weighted by molar-refractivity contribution is 7.89. The molecule has 162 valence electrons. The molecule has 1 fully saturated rings. The molecular formula is C20H19FN4O5S. The Morgan fingerprint density at radius 1 is 1.03 bits per heavy atom. The molecule has 0 unspecified atom stereocenters. The fourth-order valence-corrected chi connectivity index (χ4v) is 4.41. The number of aromatic nitrogens is 2. The van der Waals surface area contributed by atoms with Crippen LogP contribution in [0.5, 0.6) is 0 Å². The minimum absolute atomic E-state index is 0.0854. The zero-order valence-corrected chi connectivity index (χ0v) is 17.1. The average molecular weight is 446 g/mol. The van der Waals surface area contributed by atoms with Crippen molar-refractivity contribution in [1.29, 1.82) is 0 Å². The highest BCUT2D eigenvalue weighted by atomic mass is 32.2. The zero-order chi connectivity index (χ0) is 21.8. The van der Waals surface area contributed by atoms with Crippen LogP contribution in [0.1, 0.15) is 16.2 Å². The number of sulfonamides is 1. The summed E-state index contributed by atoms with van der Waals surface area (Å²) in [6, 6.07) is 11.7. The number of hydrogen-bond donors (Lipinski definition) is 1. The number of benzene rings is 2. The quantitative estimate of drug-likeness (QED) is 0.614. The number of rotatable bonds is 6. The van der Waals surface area contributed by atoms with E-state index in [1.807, 2.05) is 0 Å². The summed E-state index contributed by atoms with van der Waals surface area (Å²) in [5.41, 5.74) is 1.19. The van der Waals surface area contributed by atoms with Gasteiger partial charge in [-0.15, -0.1) is 10.2 Å². The molecule has 0 aliphatic carbocycles. The van der Waals surface area contributed by atoms with Crippen molar-refractivity contribution in [3.8, 4) is 11.5 Å². The molecule has 4 rings (SSSR count). The molecule has 11 heteroatoms. The van der Waals surface area contributed by atoms with Crippen LogP contribution in [0.4, 0.5) is 4.39 Å². The summed E-state index contributed by atoms with van der Waals surface area (Å²) < 4.78 is 50.3. The van der Waals surface area contributed by atoms with Crippen molar-refractivity contribution in [3.63, 3.8) is 0 Å². The number of carbonyl (C=O) groups excluding carboxylic acids is 1. The van der Waals surface area contributed by atoms with E-state index in [0.717, 1.165) is 0 Å². The van der Waals surface area contributed by atoms with Crippen LogP contribution in [0.3, 0.4) is 0 Å². The molecule has 0 atom stereocenters. The van der Waals surface area contributed by atoms with E-state index in [1.54, 1.807) is 24.3 Å². The number of hydrogen-bond acceptors (Lipinski definition) is 7. The Labute approximate surface area is 177 Å². The van der Waals surface area contributed by atoms with Crippen LogP contribution in [0.25, 0.3) is 11.5 Å². The van der Waals surface area contributed by atoms with E-state index >= 15 is 0 Å². The van der Waals surface area contributed by atoms with Crippen LogP contribution in [0.15, 0.2) is 57.8 Å². The van der Waals surface area contributed by atoms with E-state index in [2.05, 4.69) is 15.5 Å². The summed E-state index contributed by atoms with van der Waals surface area (Å²) >= 11 is 0. The van der Waals surface area contributed by atoms with Gasteiger partial charge in [-0.2, -0.15) is 4.31 Å². The second-order valence-corrected chi connectivity index (χ2v) is 8.70. The lowest BCUT2D eigenvalue weighted by molar-refractivity contribution is 0.0730. The fourth-order valence-electron chi connectivity index (χ4n) is 3.00. The maximum Gasteiger partial charge on any atom is 0.309 e. The molecule has 3 aromatic rings. The van der Waals surface area contributed by atoms with E-state index in [4.69, 9.17) is 9.15 Å². The predicted molar refractivity (Wildman–Crippen MR) is 107 cm³/mol. The minimum Gasteiger partial charge on any atom is -0.412 e. The van der Waals surface area contributed by atoms with Crippen molar-refractivity contribution in [2.45, 2.75) is 11.4 Å². The van der Waals surface area contributed by atoms with Gasteiger partial charge in [-0.3, -0.25) is 4.79 Å².